The largest absolute Gasteiger partial charge is 0.377 e. The van der Waals surface area contributed by atoms with Crippen LogP contribution in [0.2, 0.25) is 0 Å². The van der Waals surface area contributed by atoms with Gasteiger partial charge in [0.1, 0.15) is 12.4 Å². The number of hydrogen-bond donors (Lipinski definition) is 0. The highest BCUT2D eigenvalue weighted by molar-refractivity contribution is 5.76. The van der Waals surface area contributed by atoms with Gasteiger partial charge >= 0.3 is 0 Å². The molecule has 6 heteroatoms. The van der Waals surface area contributed by atoms with Crippen LogP contribution in [0.5, 0.6) is 0 Å². The van der Waals surface area contributed by atoms with Gasteiger partial charge in [-0.25, -0.2) is 9.67 Å². The third-order valence-corrected chi connectivity index (χ3v) is 3.99. The first kappa shape index (κ1) is 15.7. The Hall–Kier alpha value is -2.21. The lowest BCUT2D eigenvalue weighted by atomic mass is 10.1. The van der Waals surface area contributed by atoms with Crippen molar-refractivity contribution in [3.05, 3.63) is 47.5 Å². The van der Waals surface area contributed by atoms with Crippen LogP contribution in [0.3, 0.4) is 0 Å². The number of nitrogens with zero attached hydrogens (tertiary/aromatic N) is 4. The van der Waals surface area contributed by atoms with E-state index in [2.05, 4.69) is 22.2 Å². The van der Waals surface area contributed by atoms with Gasteiger partial charge in [-0.1, -0.05) is 30.3 Å². The van der Waals surface area contributed by atoms with Crippen LogP contribution in [-0.4, -0.2) is 39.2 Å². The summed E-state index contributed by atoms with van der Waals surface area (Å²) in [4.78, 5) is 18.5. The van der Waals surface area contributed by atoms with Crippen molar-refractivity contribution < 1.29 is 9.53 Å². The van der Waals surface area contributed by atoms with Crippen molar-refractivity contribution in [2.45, 2.75) is 39.0 Å². The standard InChI is InChI=1S/C17H22N4O2/c1-23-13-15-18-16(12-20-10-6-5-9-17(20)22)21(19-15)11-14-7-3-2-4-8-14/h2-4,7-8H,5-6,9-13H2,1H3. The van der Waals surface area contributed by atoms with E-state index in [4.69, 9.17) is 4.74 Å². The molecule has 1 saturated heterocycles. The van der Waals surface area contributed by atoms with Gasteiger partial charge in [0, 0.05) is 20.1 Å². The molecule has 23 heavy (non-hydrogen) atoms. The third kappa shape index (κ3) is 3.96. The maximum absolute atomic E-state index is 12.0. The lowest BCUT2D eigenvalue weighted by Gasteiger charge is -2.26. The number of benzene rings is 1. The van der Waals surface area contributed by atoms with Crippen LogP contribution in [0.25, 0.3) is 0 Å². The van der Waals surface area contributed by atoms with Gasteiger partial charge in [-0.3, -0.25) is 4.79 Å². The summed E-state index contributed by atoms with van der Waals surface area (Å²) in [5.74, 6) is 1.68. The molecule has 0 N–H and O–H groups in total. The van der Waals surface area contributed by atoms with E-state index in [0.29, 0.717) is 31.9 Å². The minimum Gasteiger partial charge on any atom is -0.377 e. The SMILES string of the molecule is COCc1nc(CN2CCCCC2=O)n(Cc2ccccc2)n1. The van der Waals surface area contributed by atoms with Crippen molar-refractivity contribution in [3.8, 4) is 0 Å². The fourth-order valence-corrected chi connectivity index (χ4v) is 2.82. The number of piperidine rings is 1. The van der Waals surface area contributed by atoms with E-state index in [-0.39, 0.29) is 5.91 Å². The molecule has 0 saturated carbocycles. The molecule has 0 radical (unpaired) electrons. The molecular weight excluding hydrogens is 292 g/mol. The highest BCUT2D eigenvalue weighted by Crippen LogP contribution is 2.15. The summed E-state index contributed by atoms with van der Waals surface area (Å²) in [7, 11) is 1.63. The van der Waals surface area contributed by atoms with E-state index in [1.54, 1.807) is 7.11 Å². The second-order valence-electron chi connectivity index (χ2n) is 5.79. The van der Waals surface area contributed by atoms with Crippen molar-refractivity contribution in [3.63, 3.8) is 0 Å². The van der Waals surface area contributed by atoms with Gasteiger partial charge in [0.25, 0.3) is 0 Å². The number of hydrogen-bond acceptors (Lipinski definition) is 4. The van der Waals surface area contributed by atoms with Gasteiger partial charge in [0.15, 0.2) is 5.82 Å². The Balaban J connectivity index is 1.80. The lowest BCUT2D eigenvalue weighted by Crippen LogP contribution is -2.35. The predicted molar refractivity (Wildman–Crippen MR) is 85.5 cm³/mol. The van der Waals surface area contributed by atoms with E-state index in [1.807, 2.05) is 27.8 Å². The zero-order valence-corrected chi connectivity index (χ0v) is 13.4. The minimum absolute atomic E-state index is 0.207. The molecule has 122 valence electrons. The summed E-state index contributed by atoms with van der Waals surface area (Å²) in [6, 6.07) is 10.1. The Morgan fingerprint density at radius 3 is 2.74 bits per heavy atom. The molecule has 1 aliphatic heterocycles. The van der Waals surface area contributed by atoms with E-state index in [9.17, 15) is 4.79 Å². The first-order valence-electron chi connectivity index (χ1n) is 7.99. The van der Waals surface area contributed by atoms with Crippen LogP contribution in [0.4, 0.5) is 0 Å². The van der Waals surface area contributed by atoms with Gasteiger partial charge in [0.05, 0.1) is 13.1 Å². The zero-order chi connectivity index (χ0) is 16.1. The summed E-state index contributed by atoms with van der Waals surface area (Å²) in [6.07, 6.45) is 2.68. The average molecular weight is 314 g/mol. The van der Waals surface area contributed by atoms with Gasteiger partial charge in [0.2, 0.25) is 5.91 Å². The van der Waals surface area contributed by atoms with E-state index < -0.39 is 0 Å². The normalized spacial score (nSPS) is 15.2. The maximum Gasteiger partial charge on any atom is 0.222 e. The van der Waals surface area contributed by atoms with Gasteiger partial charge in [-0.15, -0.1) is 0 Å². The van der Waals surface area contributed by atoms with Crippen LogP contribution < -0.4 is 0 Å². The van der Waals surface area contributed by atoms with E-state index in [0.717, 1.165) is 30.8 Å². The number of rotatable bonds is 6. The molecule has 1 amide bonds. The van der Waals surface area contributed by atoms with Crippen LogP contribution >= 0.6 is 0 Å². The molecule has 0 bridgehead atoms. The van der Waals surface area contributed by atoms with Crippen LogP contribution in [-0.2, 0) is 29.2 Å². The van der Waals surface area contributed by atoms with Crippen molar-refractivity contribution in [1.82, 2.24) is 19.7 Å². The van der Waals surface area contributed by atoms with Gasteiger partial charge < -0.3 is 9.64 Å². The molecular formula is C17H22N4O2. The number of amides is 1. The first-order chi connectivity index (χ1) is 11.3. The van der Waals surface area contributed by atoms with Crippen molar-refractivity contribution in [2.75, 3.05) is 13.7 Å². The summed E-state index contributed by atoms with van der Waals surface area (Å²) < 4.78 is 7.02. The summed E-state index contributed by atoms with van der Waals surface area (Å²) in [6.45, 7) is 2.34. The third-order valence-electron chi connectivity index (χ3n) is 3.99. The number of methoxy groups -OCH3 is 1. The van der Waals surface area contributed by atoms with Gasteiger partial charge in [-0.05, 0) is 18.4 Å². The molecule has 2 heterocycles. The Morgan fingerprint density at radius 2 is 2.00 bits per heavy atom. The fraction of sp³-hybridized carbons (Fsp3) is 0.471. The topological polar surface area (TPSA) is 60.2 Å². The summed E-state index contributed by atoms with van der Waals surface area (Å²) in [5.41, 5.74) is 1.16. The molecule has 0 aliphatic carbocycles. The molecule has 6 nitrogen and oxygen atoms in total. The summed E-state index contributed by atoms with van der Waals surface area (Å²) in [5, 5.41) is 4.53. The lowest BCUT2D eigenvalue weighted by molar-refractivity contribution is -0.134. The highest BCUT2D eigenvalue weighted by Gasteiger charge is 2.21. The molecule has 0 spiro atoms. The Kier molecular flexibility index (Phi) is 5.02. The zero-order valence-electron chi connectivity index (χ0n) is 13.4. The number of likely N-dealkylation sites (tertiary alicyclic amines) is 1. The first-order valence-corrected chi connectivity index (χ1v) is 7.99. The Morgan fingerprint density at radius 1 is 1.17 bits per heavy atom. The number of aromatic nitrogens is 3. The Labute approximate surface area is 136 Å². The number of carbonyl (C=O) groups excluding carboxylic acids is 1. The summed E-state index contributed by atoms with van der Waals surface area (Å²) >= 11 is 0. The quantitative estimate of drug-likeness (QED) is 0.818. The van der Waals surface area contributed by atoms with E-state index >= 15 is 0 Å². The smallest absolute Gasteiger partial charge is 0.222 e. The second-order valence-corrected chi connectivity index (χ2v) is 5.79. The average Bonchev–Trinajstić information content (AvgIpc) is 2.92. The molecule has 3 rings (SSSR count). The van der Waals surface area contributed by atoms with Crippen LogP contribution in [0, 0.1) is 0 Å². The maximum atomic E-state index is 12.0. The fourth-order valence-electron chi connectivity index (χ4n) is 2.82. The van der Waals surface area contributed by atoms with Gasteiger partial charge in [-0.2, -0.15) is 5.10 Å². The minimum atomic E-state index is 0.207. The van der Waals surface area contributed by atoms with Crippen LogP contribution in [0.1, 0.15) is 36.5 Å². The molecule has 0 unspecified atom stereocenters. The highest BCUT2D eigenvalue weighted by atomic mass is 16.5. The number of ether oxygens (including phenoxy) is 1. The van der Waals surface area contributed by atoms with E-state index in [1.165, 1.54) is 0 Å². The molecule has 1 aromatic heterocycles. The Bertz CT molecular complexity index is 654. The molecule has 0 atom stereocenters. The molecule has 1 aromatic carbocycles. The van der Waals surface area contributed by atoms with Crippen molar-refractivity contribution in [1.29, 1.82) is 0 Å². The van der Waals surface area contributed by atoms with Crippen molar-refractivity contribution >= 4 is 5.91 Å². The molecule has 1 fully saturated rings. The van der Waals surface area contributed by atoms with Crippen molar-refractivity contribution in [2.24, 2.45) is 0 Å². The number of carbonyl (C=O) groups is 1. The monoisotopic (exact) mass is 314 g/mol. The predicted octanol–water partition coefficient (Wildman–Crippen LogP) is 1.99. The van der Waals surface area contributed by atoms with Crippen LogP contribution in [0.15, 0.2) is 30.3 Å². The second kappa shape index (κ2) is 7.37. The molecule has 2 aromatic rings. The molecule has 1 aliphatic rings.